The van der Waals surface area contributed by atoms with Gasteiger partial charge in [0.2, 0.25) is 0 Å². The summed E-state index contributed by atoms with van der Waals surface area (Å²) < 4.78 is 6.86. The number of aryl methyl sites for hydroxylation is 1. The van der Waals surface area contributed by atoms with E-state index >= 15 is 0 Å². The third kappa shape index (κ3) is 4.05. The lowest BCUT2D eigenvalue weighted by molar-refractivity contribution is 0.194. The van der Waals surface area contributed by atoms with Crippen LogP contribution in [0.5, 0.6) is 0 Å². The Hall–Kier alpha value is -2.21. The minimum Gasteiger partial charge on any atom is -0.383 e. The van der Waals surface area contributed by atoms with Crippen molar-refractivity contribution < 1.29 is 4.74 Å². The summed E-state index contributed by atoms with van der Waals surface area (Å²) >= 11 is 6.12. The van der Waals surface area contributed by atoms with Crippen molar-refractivity contribution in [3.8, 4) is 5.69 Å². The van der Waals surface area contributed by atoms with Crippen molar-refractivity contribution >= 4 is 22.5 Å². The highest BCUT2D eigenvalue weighted by molar-refractivity contribution is 6.30. The van der Waals surface area contributed by atoms with Crippen LogP contribution < -0.4 is 10.9 Å². The number of benzene rings is 2. The zero-order valence-electron chi connectivity index (χ0n) is 15.8. The Balaban J connectivity index is 2.25. The van der Waals surface area contributed by atoms with Gasteiger partial charge in [-0.2, -0.15) is 0 Å². The molecule has 1 aromatic heterocycles. The van der Waals surface area contributed by atoms with Gasteiger partial charge in [-0.3, -0.25) is 9.36 Å². The van der Waals surface area contributed by atoms with E-state index in [1.165, 1.54) is 0 Å². The molecule has 142 valence electrons. The van der Waals surface area contributed by atoms with Crippen LogP contribution in [0.15, 0.2) is 47.3 Å². The van der Waals surface area contributed by atoms with Crippen molar-refractivity contribution in [3.63, 3.8) is 0 Å². The average molecular weight is 386 g/mol. The van der Waals surface area contributed by atoms with E-state index in [-0.39, 0.29) is 11.6 Å². The standard InChI is InChI=1S/C21H24ClN3O2/c1-4-17(23-11-12-27-3)20-24-18-8-6-5-7-16(18)21(26)25(20)19-10-9-15(22)13-14(19)2/h5-10,13,17,23H,4,11-12H2,1-3H3/t17-/m1/s1. The number of rotatable bonds is 7. The molecule has 0 saturated carbocycles. The first-order valence-corrected chi connectivity index (χ1v) is 9.45. The molecule has 0 saturated heterocycles. The summed E-state index contributed by atoms with van der Waals surface area (Å²) in [4.78, 5) is 18.2. The smallest absolute Gasteiger partial charge is 0.266 e. The number of nitrogens with one attached hydrogen (secondary N) is 1. The van der Waals surface area contributed by atoms with Crippen LogP contribution >= 0.6 is 11.6 Å². The molecule has 0 aliphatic heterocycles. The second kappa shape index (κ2) is 8.65. The summed E-state index contributed by atoms with van der Waals surface area (Å²) in [6.45, 7) is 5.29. The van der Waals surface area contributed by atoms with Gasteiger partial charge < -0.3 is 10.1 Å². The molecule has 0 spiro atoms. The quantitative estimate of drug-likeness (QED) is 0.624. The number of ether oxygens (including phenoxy) is 1. The number of methoxy groups -OCH3 is 1. The third-order valence-electron chi connectivity index (χ3n) is 4.62. The highest BCUT2D eigenvalue weighted by Crippen LogP contribution is 2.24. The van der Waals surface area contributed by atoms with Crippen LogP contribution in [0.25, 0.3) is 16.6 Å². The summed E-state index contributed by atoms with van der Waals surface area (Å²) in [5.41, 5.74) is 2.35. The Morgan fingerprint density at radius 3 is 2.74 bits per heavy atom. The Labute approximate surface area is 164 Å². The Morgan fingerprint density at radius 1 is 1.26 bits per heavy atom. The van der Waals surface area contributed by atoms with Gasteiger partial charge in [-0.25, -0.2) is 4.98 Å². The molecule has 5 nitrogen and oxygen atoms in total. The Kier molecular flexibility index (Phi) is 6.26. The topological polar surface area (TPSA) is 56.1 Å². The molecule has 0 aliphatic rings. The highest BCUT2D eigenvalue weighted by Gasteiger charge is 2.20. The molecular weight excluding hydrogens is 362 g/mol. The van der Waals surface area contributed by atoms with E-state index in [0.29, 0.717) is 34.9 Å². The molecule has 1 atom stereocenters. The molecule has 6 heteroatoms. The van der Waals surface area contributed by atoms with Gasteiger partial charge in [0.15, 0.2) is 0 Å². The van der Waals surface area contributed by atoms with Gasteiger partial charge in [-0.15, -0.1) is 0 Å². The van der Waals surface area contributed by atoms with Gasteiger partial charge in [0.1, 0.15) is 5.82 Å². The van der Waals surface area contributed by atoms with Crippen LogP contribution in [0, 0.1) is 6.92 Å². The van der Waals surface area contributed by atoms with E-state index in [1.54, 1.807) is 17.7 Å². The zero-order chi connectivity index (χ0) is 19.4. The molecule has 1 N–H and O–H groups in total. The zero-order valence-corrected chi connectivity index (χ0v) is 16.6. The van der Waals surface area contributed by atoms with Gasteiger partial charge in [0, 0.05) is 18.7 Å². The molecular formula is C21H24ClN3O2. The molecule has 0 radical (unpaired) electrons. The first kappa shape index (κ1) is 19.5. The SMILES string of the molecule is CC[C@@H](NCCOC)c1nc2ccccc2c(=O)n1-c1ccc(Cl)cc1C. The molecule has 0 unspecified atom stereocenters. The minimum atomic E-state index is -0.0764. The third-order valence-corrected chi connectivity index (χ3v) is 4.85. The Morgan fingerprint density at radius 2 is 2.04 bits per heavy atom. The average Bonchev–Trinajstić information content (AvgIpc) is 2.66. The van der Waals surface area contributed by atoms with Gasteiger partial charge in [0.25, 0.3) is 5.56 Å². The molecule has 3 aromatic rings. The van der Waals surface area contributed by atoms with Crippen LogP contribution in [-0.2, 0) is 4.74 Å². The van der Waals surface area contributed by atoms with Crippen molar-refractivity contribution in [1.82, 2.24) is 14.9 Å². The Bertz CT molecular complexity index is 1000. The maximum Gasteiger partial charge on any atom is 0.266 e. The normalized spacial score (nSPS) is 12.4. The number of hydrogen-bond acceptors (Lipinski definition) is 4. The van der Waals surface area contributed by atoms with Crippen LogP contribution in [0.1, 0.15) is 30.8 Å². The van der Waals surface area contributed by atoms with Crippen molar-refractivity contribution in [2.45, 2.75) is 26.3 Å². The van der Waals surface area contributed by atoms with Gasteiger partial charge in [-0.1, -0.05) is 30.7 Å². The van der Waals surface area contributed by atoms with Gasteiger partial charge >= 0.3 is 0 Å². The van der Waals surface area contributed by atoms with E-state index in [9.17, 15) is 4.79 Å². The molecule has 0 fully saturated rings. The molecule has 0 bridgehead atoms. The summed E-state index contributed by atoms with van der Waals surface area (Å²) in [5, 5.41) is 4.69. The molecule has 2 aromatic carbocycles. The molecule has 27 heavy (non-hydrogen) atoms. The summed E-state index contributed by atoms with van der Waals surface area (Å²) in [6, 6.07) is 12.9. The molecule has 0 aliphatic carbocycles. The number of para-hydroxylation sites is 1. The molecule has 3 rings (SSSR count). The van der Waals surface area contributed by atoms with E-state index in [4.69, 9.17) is 21.3 Å². The molecule has 0 amide bonds. The van der Waals surface area contributed by atoms with E-state index in [0.717, 1.165) is 17.7 Å². The number of fused-ring (bicyclic) bond motifs is 1. The van der Waals surface area contributed by atoms with E-state index in [1.807, 2.05) is 43.3 Å². The largest absolute Gasteiger partial charge is 0.383 e. The highest BCUT2D eigenvalue weighted by atomic mass is 35.5. The predicted molar refractivity (Wildman–Crippen MR) is 110 cm³/mol. The number of halogens is 1. The lowest BCUT2D eigenvalue weighted by Gasteiger charge is -2.22. The van der Waals surface area contributed by atoms with Crippen molar-refractivity contribution in [1.29, 1.82) is 0 Å². The van der Waals surface area contributed by atoms with Crippen molar-refractivity contribution in [2.75, 3.05) is 20.3 Å². The number of hydrogen-bond donors (Lipinski definition) is 1. The monoisotopic (exact) mass is 385 g/mol. The van der Waals surface area contributed by atoms with Gasteiger partial charge in [0.05, 0.1) is 29.2 Å². The van der Waals surface area contributed by atoms with Gasteiger partial charge in [-0.05, 0) is 49.2 Å². The van der Waals surface area contributed by atoms with E-state index in [2.05, 4.69) is 12.2 Å². The van der Waals surface area contributed by atoms with Crippen LogP contribution in [0.4, 0.5) is 0 Å². The fourth-order valence-corrected chi connectivity index (χ4v) is 3.47. The van der Waals surface area contributed by atoms with E-state index < -0.39 is 0 Å². The van der Waals surface area contributed by atoms with Crippen molar-refractivity contribution in [3.05, 3.63) is 69.2 Å². The van der Waals surface area contributed by atoms with Crippen LogP contribution in [0.3, 0.4) is 0 Å². The first-order valence-electron chi connectivity index (χ1n) is 9.07. The number of nitrogens with zero attached hydrogens (tertiary/aromatic N) is 2. The lowest BCUT2D eigenvalue weighted by Crippen LogP contribution is -2.33. The predicted octanol–water partition coefficient (Wildman–Crippen LogP) is 4.03. The second-order valence-corrected chi connectivity index (χ2v) is 6.90. The lowest BCUT2D eigenvalue weighted by atomic mass is 10.1. The minimum absolute atomic E-state index is 0.0759. The summed E-state index contributed by atoms with van der Waals surface area (Å²) in [7, 11) is 1.67. The fraction of sp³-hybridized carbons (Fsp3) is 0.333. The maximum absolute atomic E-state index is 13.4. The van der Waals surface area contributed by atoms with Crippen LogP contribution in [-0.4, -0.2) is 29.8 Å². The summed E-state index contributed by atoms with van der Waals surface area (Å²) in [6.07, 6.45) is 0.793. The second-order valence-electron chi connectivity index (χ2n) is 6.47. The number of aromatic nitrogens is 2. The van der Waals surface area contributed by atoms with Crippen LogP contribution in [0.2, 0.25) is 5.02 Å². The fourth-order valence-electron chi connectivity index (χ4n) is 3.24. The summed E-state index contributed by atoms with van der Waals surface area (Å²) in [5.74, 6) is 0.697. The first-order chi connectivity index (χ1) is 13.1. The maximum atomic E-state index is 13.4. The van der Waals surface area contributed by atoms with Crippen molar-refractivity contribution in [2.24, 2.45) is 0 Å². The molecule has 1 heterocycles.